The lowest BCUT2D eigenvalue weighted by Crippen LogP contribution is -2.55. The molecule has 1 heteroatoms. The van der Waals surface area contributed by atoms with E-state index in [2.05, 4.69) is 42.6 Å². The molecule has 0 radical (unpaired) electrons. The summed E-state index contributed by atoms with van der Waals surface area (Å²) in [6.07, 6.45) is 11.4. The highest BCUT2D eigenvalue weighted by molar-refractivity contribution is 5.31. The third-order valence-corrected chi connectivity index (χ3v) is 5.62. The van der Waals surface area contributed by atoms with Crippen molar-refractivity contribution in [1.29, 1.82) is 0 Å². The van der Waals surface area contributed by atoms with Crippen molar-refractivity contribution >= 4 is 0 Å². The quantitative estimate of drug-likeness (QED) is 0.767. The van der Waals surface area contributed by atoms with E-state index in [1.54, 1.807) is 5.56 Å². The molecular weight excluding hydrogens is 242 g/mol. The Bertz CT molecular complexity index is 409. The summed E-state index contributed by atoms with van der Waals surface area (Å²) >= 11 is 0. The molecule has 0 amide bonds. The average molecular weight is 271 g/mol. The second kappa shape index (κ2) is 5.89. The van der Waals surface area contributed by atoms with Gasteiger partial charge >= 0.3 is 0 Å². The van der Waals surface area contributed by atoms with Gasteiger partial charge in [0.2, 0.25) is 0 Å². The van der Waals surface area contributed by atoms with E-state index < -0.39 is 0 Å². The Morgan fingerprint density at radius 3 is 2.35 bits per heavy atom. The third-order valence-electron chi connectivity index (χ3n) is 5.62. The molecule has 0 aromatic heterocycles. The molecule has 2 aliphatic rings. The zero-order valence-electron chi connectivity index (χ0n) is 13.0. The van der Waals surface area contributed by atoms with E-state index in [-0.39, 0.29) is 0 Å². The summed E-state index contributed by atoms with van der Waals surface area (Å²) in [5.74, 6) is 0. The molecule has 1 nitrogen and oxygen atoms in total. The van der Waals surface area contributed by atoms with Crippen molar-refractivity contribution in [2.75, 3.05) is 13.1 Å². The minimum absolute atomic E-state index is 0.424. The van der Waals surface area contributed by atoms with Gasteiger partial charge in [-0.2, -0.15) is 0 Å². The molecule has 1 N–H and O–H groups in total. The fraction of sp³-hybridized carbons (Fsp3) is 0.684. The van der Waals surface area contributed by atoms with Crippen molar-refractivity contribution in [1.82, 2.24) is 5.32 Å². The van der Waals surface area contributed by atoms with E-state index in [1.807, 2.05) is 0 Å². The van der Waals surface area contributed by atoms with Crippen LogP contribution in [-0.2, 0) is 5.41 Å². The second-order valence-corrected chi connectivity index (χ2v) is 7.24. The predicted octanol–water partition coefficient (Wildman–Crippen LogP) is 4.67. The molecule has 2 aliphatic carbocycles. The van der Waals surface area contributed by atoms with Gasteiger partial charge in [0.05, 0.1) is 0 Å². The van der Waals surface area contributed by atoms with Crippen LogP contribution in [0.1, 0.15) is 63.9 Å². The Hall–Kier alpha value is -0.820. The molecule has 110 valence electrons. The average Bonchev–Trinajstić information content (AvgIpc) is 2.47. The van der Waals surface area contributed by atoms with Crippen LogP contribution in [0.4, 0.5) is 0 Å². The molecule has 0 atom stereocenters. The molecular formula is C19H29N. The van der Waals surface area contributed by atoms with Crippen LogP contribution in [0.15, 0.2) is 30.3 Å². The fourth-order valence-electron chi connectivity index (χ4n) is 4.77. The van der Waals surface area contributed by atoms with Crippen molar-refractivity contribution < 1.29 is 0 Å². The van der Waals surface area contributed by atoms with E-state index in [1.165, 1.54) is 57.9 Å². The number of hydrogen-bond acceptors (Lipinski definition) is 1. The number of rotatable bonds is 5. The minimum atomic E-state index is 0.424. The summed E-state index contributed by atoms with van der Waals surface area (Å²) in [7, 11) is 0. The summed E-state index contributed by atoms with van der Waals surface area (Å²) in [5.41, 5.74) is 2.69. The van der Waals surface area contributed by atoms with Gasteiger partial charge in [-0.15, -0.1) is 0 Å². The van der Waals surface area contributed by atoms with Crippen molar-refractivity contribution in [2.24, 2.45) is 5.41 Å². The van der Waals surface area contributed by atoms with Crippen LogP contribution in [0.2, 0.25) is 0 Å². The van der Waals surface area contributed by atoms with E-state index >= 15 is 0 Å². The summed E-state index contributed by atoms with van der Waals surface area (Å²) in [6, 6.07) is 11.3. The highest BCUT2D eigenvalue weighted by Crippen LogP contribution is 2.61. The van der Waals surface area contributed by atoms with Gasteiger partial charge in [-0.3, -0.25) is 0 Å². The van der Waals surface area contributed by atoms with E-state index in [0.717, 1.165) is 6.54 Å². The lowest BCUT2D eigenvalue weighted by molar-refractivity contribution is -0.0126. The van der Waals surface area contributed by atoms with E-state index in [4.69, 9.17) is 0 Å². The van der Waals surface area contributed by atoms with Crippen molar-refractivity contribution in [3.8, 4) is 0 Å². The number of nitrogens with one attached hydrogen (secondary N) is 1. The molecule has 2 saturated carbocycles. The van der Waals surface area contributed by atoms with Crippen LogP contribution in [0.3, 0.4) is 0 Å². The molecule has 20 heavy (non-hydrogen) atoms. The van der Waals surface area contributed by atoms with Crippen molar-refractivity contribution in [3.05, 3.63) is 35.9 Å². The van der Waals surface area contributed by atoms with E-state index in [0.29, 0.717) is 10.8 Å². The molecule has 0 saturated heterocycles. The highest BCUT2D eigenvalue weighted by atomic mass is 14.9. The van der Waals surface area contributed by atoms with Crippen LogP contribution in [0.25, 0.3) is 0 Å². The van der Waals surface area contributed by atoms with Crippen LogP contribution in [0, 0.1) is 5.41 Å². The Kier molecular flexibility index (Phi) is 4.16. The Morgan fingerprint density at radius 2 is 1.70 bits per heavy atom. The van der Waals surface area contributed by atoms with Crippen LogP contribution < -0.4 is 5.32 Å². The zero-order valence-corrected chi connectivity index (χ0v) is 13.0. The first-order chi connectivity index (χ1) is 9.79. The Morgan fingerprint density at radius 1 is 1.00 bits per heavy atom. The van der Waals surface area contributed by atoms with Gasteiger partial charge in [0, 0.05) is 12.0 Å². The molecule has 3 rings (SSSR count). The van der Waals surface area contributed by atoms with Crippen molar-refractivity contribution in [2.45, 2.75) is 63.7 Å². The maximum absolute atomic E-state index is 3.70. The summed E-state index contributed by atoms with van der Waals surface area (Å²) in [6.45, 7) is 4.58. The molecule has 2 fully saturated rings. The predicted molar refractivity (Wildman–Crippen MR) is 86.0 cm³/mol. The van der Waals surface area contributed by atoms with Crippen LogP contribution in [-0.4, -0.2) is 13.1 Å². The normalized spacial score (nSPS) is 23.4. The first-order valence-corrected chi connectivity index (χ1v) is 8.55. The van der Waals surface area contributed by atoms with Gasteiger partial charge in [0.15, 0.2) is 0 Å². The number of hydrogen-bond donors (Lipinski definition) is 1. The highest BCUT2D eigenvalue weighted by Gasteiger charge is 2.54. The SMILES string of the molecule is CCCNCC1(c2ccccc2)CC2(CCCCC2)C1. The van der Waals surface area contributed by atoms with Gasteiger partial charge in [-0.25, -0.2) is 0 Å². The summed E-state index contributed by atoms with van der Waals surface area (Å²) in [4.78, 5) is 0. The fourth-order valence-corrected chi connectivity index (χ4v) is 4.77. The Balaban J connectivity index is 1.73. The minimum Gasteiger partial charge on any atom is -0.316 e. The van der Waals surface area contributed by atoms with E-state index in [9.17, 15) is 0 Å². The van der Waals surface area contributed by atoms with Crippen LogP contribution >= 0.6 is 0 Å². The number of benzene rings is 1. The van der Waals surface area contributed by atoms with Gasteiger partial charge in [-0.1, -0.05) is 56.5 Å². The molecule has 1 aromatic rings. The molecule has 0 heterocycles. The lowest BCUT2D eigenvalue weighted by Gasteiger charge is -2.59. The molecule has 0 unspecified atom stereocenters. The van der Waals surface area contributed by atoms with Gasteiger partial charge in [0.25, 0.3) is 0 Å². The monoisotopic (exact) mass is 271 g/mol. The molecule has 1 spiro atoms. The van der Waals surface area contributed by atoms with Gasteiger partial charge < -0.3 is 5.32 Å². The Labute approximate surface area is 124 Å². The smallest absolute Gasteiger partial charge is 0.00883 e. The standard InChI is InChI=1S/C19H29N/c1-2-13-20-16-19(17-9-5-3-6-10-17)14-18(15-19)11-7-4-8-12-18/h3,5-6,9-10,20H,2,4,7-8,11-16H2,1H3. The van der Waals surface area contributed by atoms with Crippen molar-refractivity contribution in [3.63, 3.8) is 0 Å². The molecule has 1 aromatic carbocycles. The largest absolute Gasteiger partial charge is 0.316 e. The second-order valence-electron chi connectivity index (χ2n) is 7.24. The topological polar surface area (TPSA) is 12.0 Å². The lowest BCUT2D eigenvalue weighted by atomic mass is 9.46. The first-order valence-electron chi connectivity index (χ1n) is 8.55. The maximum atomic E-state index is 3.70. The van der Waals surface area contributed by atoms with Gasteiger partial charge in [0.1, 0.15) is 0 Å². The first kappa shape index (κ1) is 14.1. The molecule has 0 bridgehead atoms. The maximum Gasteiger partial charge on any atom is 0.00883 e. The zero-order chi connectivity index (χ0) is 13.9. The molecule has 0 aliphatic heterocycles. The summed E-state index contributed by atoms with van der Waals surface area (Å²) < 4.78 is 0. The van der Waals surface area contributed by atoms with Crippen LogP contribution in [0.5, 0.6) is 0 Å². The van der Waals surface area contributed by atoms with Gasteiger partial charge in [-0.05, 0) is 49.6 Å². The summed E-state index contributed by atoms with van der Waals surface area (Å²) in [5, 5.41) is 3.70. The third kappa shape index (κ3) is 2.65.